The van der Waals surface area contributed by atoms with Crippen molar-refractivity contribution in [1.29, 1.82) is 5.26 Å². The van der Waals surface area contributed by atoms with E-state index in [2.05, 4.69) is 47.3 Å². The molecule has 1 amide bonds. The molecular weight excluding hydrogens is 566 g/mol. The zero-order valence-corrected chi connectivity index (χ0v) is 26.4. The Labute approximate surface area is 265 Å². The van der Waals surface area contributed by atoms with E-state index in [4.69, 9.17) is 14.7 Å². The zero-order chi connectivity index (χ0) is 31.5. The molecule has 2 fully saturated rings. The number of carbonyl (C=O) groups excluding carboxylic acids is 1. The molecule has 2 saturated heterocycles. The molecule has 0 radical (unpaired) electrons. The van der Waals surface area contributed by atoms with Crippen molar-refractivity contribution in [1.82, 2.24) is 19.8 Å². The van der Waals surface area contributed by atoms with Gasteiger partial charge < -0.3 is 24.5 Å². The molecule has 10 nitrogen and oxygen atoms in total. The lowest BCUT2D eigenvalue weighted by Crippen LogP contribution is -2.55. The van der Waals surface area contributed by atoms with Crippen molar-refractivity contribution >= 4 is 28.2 Å². The molecular formula is C35H43N7O3. The monoisotopic (exact) mass is 609 g/mol. The van der Waals surface area contributed by atoms with Crippen LogP contribution in [0.4, 0.5) is 11.5 Å². The number of carbonyl (C=O) groups is 1. The molecule has 45 heavy (non-hydrogen) atoms. The lowest BCUT2D eigenvalue weighted by molar-refractivity contribution is -0.128. The van der Waals surface area contributed by atoms with Crippen molar-refractivity contribution < 1.29 is 14.6 Å². The summed E-state index contributed by atoms with van der Waals surface area (Å²) in [5.74, 6) is 0.918. The number of phenols is 1. The summed E-state index contributed by atoms with van der Waals surface area (Å²) in [7, 11) is 0. The third-order valence-corrected chi connectivity index (χ3v) is 9.47. The van der Waals surface area contributed by atoms with Gasteiger partial charge in [0.15, 0.2) is 0 Å². The van der Waals surface area contributed by atoms with Gasteiger partial charge in [0.2, 0.25) is 5.91 Å². The van der Waals surface area contributed by atoms with Crippen LogP contribution in [0.15, 0.2) is 49.1 Å². The van der Waals surface area contributed by atoms with Gasteiger partial charge in [0.1, 0.15) is 18.2 Å². The largest absolute Gasteiger partial charge is 0.508 e. The Morgan fingerprint density at radius 3 is 2.78 bits per heavy atom. The minimum Gasteiger partial charge on any atom is -0.508 e. The summed E-state index contributed by atoms with van der Waals surface area (Å²) >= 11 is 0. The number of nitriles is 1. The van der Waals surface area contributed by atoms with Gasteiger partial charge in [0, 0.05) is 61.0 Å². The molecule has 3 aliphatic heterocycles. The first-order valence-corrected chi connectivity index (χ1v) is 16.2. The minimum atomic E-state index is -0.261. The summed E-state index contributed by atoms with van der Waals surface area (Å²) in [6.07, 6.45) is 5.47. The molecule has 4 heterocycles. The van der Waals surface area contributed by atoms with Gasteiger partial charge in [-0.2, -0.15) is 15.2 Å². The van der Waals surface area contributed by atoms with E-state index in [0.29, 0.717) is 50.9 Å². The molecule has 10 heteroatoms. The molecule has 1 aromatic heterocycles. The maximum Gasteiger partial charge on any atom is 0.318 e. The maximum absolute atomic E-state index is 12.6. The Morgan fingerprint density at radius 1 is 1.13 bits per heavy atom. The number of nitrogens with zero attached hydrogens (tertiary/aromatic N) is 7. The number of piperazine rings is 1. The van der Waals surface area contributed by atoms with Gasteiger partial charge in [-0.3, -0.25) is 9.69 Å². The molecule has 0 aliphatic carbocycles. The van der Waals surface area contributed by atoms with Crippen LogP contribution in [0.25, 0.3) is 10.8 Å². The lowest BCUT2D eigenvalue weighted by Gasteiger charge is -2.41. The molecule has 236 valence electrons. The number of ether oxygens (including phenoxy) is 1. The van der Waals surface area contributed by atoms with E-state index in [1.54, 1.807) is 11.0 Å². The molecule has 0 spiro atoms. The Morgan fingerprint density at radius 2 is 1.98 bits per heavy atom. The molecule has 3 aromatic rings. The first-order chi connectivity index (χ1) is 21.9. The molecule has 0 unspecified atom stereocenters. The number of amides is 1. The maximum atomic E-state index is 12.6. The Bertz CT molecular complexity index is 1600. The van der Waals surface area contributed by atoms with Gasteiger partial charge in [-0.15, -0.1) is 0 Å². The van der Waals surface area contributed by atoms with E-state index < -0.39 is 0 Å². The standard InChI is InChI=1S/C35H43N7O3/c1-4-33(44)42-18-17-40(21-26(42)13-14-36)34-30-12-8-15-39(32-20-28(43)19-25-9-5-6-11-29(25)32)22-31(30)37-35(38-34)45-23-27-10-7-16-41(27)24(2)3/h4-6,9,11,19-20,24,26-27,43H,1,7-8,10,12-13,15-18,21-23H2,2-3H3/t26-,27-/m0/s1. The fraction of sp³-hybridized carbons (Fsp3) is 0.486. The first-order valence-electron chi connectivity index (χ1n) is 16.2. The fourth-order valence-electron chi connectivity index (χ4n) is 7.28. The van der Waals surface area contributed by atoms with Gasteiger partial charge >= 0.3 is 6.01 Å². The number of likely N-dealkylation sites (tertiary alicyclic amines) is 1. The average Bonchev–Trinajstić information content (AvgIpc) is 3.42. The Balaban J connectivity index is 1.36. The van der Waals surface area contributed by atoms with Gasteiger partial charge in [0.05, 0.1) is 30.8 Å². The fourth-order valence-corrected chi connectivity index (χ4v) is 7.28. The van der Waals surface area contributed by atoms with Crippen LogP contribution in [0.1, 0.15) is 50.8 Å². The number of aromatic hydroxyl groups is 1. The SMILES string of the molecule is C=CC(=O)N1CCN(c2nc(OC[C@@H]3CCCN3C(C)C)nc3c2CCCN(c2cc(O)cc4ccccc24)C3)C[C@@H]1CC#N. The first kappa shape index (κ1) is 30.7. The van der Waals surface area contributed by atoms with Gasteiger partial charge in [0.25, 0.3) is 0 Å². The second-order valence-corrected chi connectivity index (χ2v) is 12.6. The highest BCUT2D eigenvalue weighted by Crippen LogP contribution is 2.36. The molecule has 2 atom stereocenters. The second-order valence-electron chi connectivity index (χ2n) is 12.6. The van der Waals surface area contributed by atoms with Crippen molar-refractivity contribution in [3.05, 3.63) is 60.3 Å². The van der Waals surface area contributed by atoms with E-state index in [9.17, 15) is 15.2 Å². The van der Waals surface area contributed by atoms with E-state index in [-0.39, 0.29) is 24.1 Å². The smallest absolute Gasteiger partial charge is 0.318 e. The van der Waals surface area contributed by atoms with E-state index in [1.165, 1.54) is 6.08 Å². The Kier molecular flexibility index (Phi) is 9.08. The molecule has 3 aliphatic rings. The third-order valence-electron chi connectivity index (χ3n) is 9.47. The highest BCUT2D eigenvalue weighted by Gasteiger charge is 2.33. The molecule has 2 aromatic carbocycles. The van der Waals surface area contributed by atoms with Crippen LogP contribution in [-0.4, -0.2) is 88.2 Å². The van der Waals surface area contributed by atoms with Crippen LogP contribution < -0.4 is 14.5 Å². The van der Waals surface area contributed by atoms with E-state index in [1.807, 2.05) is 24.3 Å². The third kappa shape index (κ3) is 6.40. The average molecular weight is 610 g/mol. The van der Waals surface area contributed by atoms with Crippen LogP contribution in [-0.2, 0) is 17.8 Å². The van der Waals surface area contributed by atoms with Crippen molar-refractivity contribution in [2.45, 2.75) is 70.6 Å². The van der Waals surface area contributed by atoms with Gasteiger partial charge in [-0.1, -0.05) is 30.8 Å². The number of anilines is 2. The molecule has 6 rings (SSSR count). The van der Waals surface area contributed by atoms with Crippen molar-refractivity contribution in [2.24, 2.45) is 0 Å². The summed E-state index contributed by atoms with van der Waals surface area (Å²) in [4.78, 5) is 31.4. The van der Waals surface area contributed by atoms with Crippen molar-refractivity contribution in [2.75, 3.05) is 49.1 Å². The van der Waals surface area contributed by atoms with E-state index >= 15 is 0 Å². The van der Waals surface area contributed by atoms with Gasteiger partial charge in [-0.05, 0) is 63.6 Å². The summed E-state index contributed by atoms with van der Waals surface area (Å²) in [5, 5.41) is 22.3. The molecule has 1 N–H and O–H groups in total. The van der Waals surface area contributed by atoms with Crippen molar-refractivity contribution in [3.63, 3.8) is 0 Å². The normalized spacial score (nSPS) is 20.6. The molecule has 0 bridgehead atoms. The summed E-state index contributed by atoms with van der Waals surface area (Å²) in [6.45, 7) is 12.6. The predicted octanol–water partition coefficient (Wildman–Crippen LogP) is 4.66. The van der Waals surface area contributed by atoms with Crippen LogP contribution in [0, 0.1) is 11.3 Å². The van der Waals surface area contributed by atoms with Crippen LogP contribution in [0.3, 0.4) is 0 Å². The van der Waals surface area contributed by atoms with Crippen LogP contribution >= 0.6 is 0 Å². The lowest BCUT2D eigenvalue weighted by atomic mass is 10.1. The summed E-state index contributed by atoms with van der Waals surface area (Å²) in [5.41, 5.74) is 2.97. The number of phenolic OH excluding ortho intramolecular Hbond substituents is 1. The second kappa shape index (κ2) is 13.3. The summed E-state index contributed by atoms with van der Waals surface area (Å²) < 4.78 is 6.41. The number of benzene rings is 2. The topological polar surface area (TPSA) is 109 Å². The number of hydrogen-bond acceptors (Lipinski definition) is 9. The zero-order valence-electron chi connectivity index (χ0n) is 26.4. The number of rotatable bonds is 8. The highest BCUT2D eigenvalue weighted by atomic mass is 16.5. The highest BCUT2D eigenvalue weighted by molar-refractivity contribution is 5.95. The minimum absolute atomic E-state index is 0.152. The number of fused-ring (bicyclic) bond motifs is 2. The predicted molar refractivity (Wildman–Crippen MR) is 176 cm³/mol. The number of hydrogen-bond donors (Lipinski definition) is 1. The van der Waals surface area contributed by atoms with Crippen LogP contribution in [0.5, 0.6) is 11.8 Å². The van der Waals surface area contributed by atoms with Crippen molar-refractivity contribution in [3.8, 4) is 17.8 Å². The molecule has 0 saturated carbocycles. The van der Waals surface area contributed by atoms with Gasteiger partial charge in [-0.25, -0.2) is 0 Å². The Hall–Kier alpha value is -4.36. The summed E-state index contributed by atoms with van der Waals surface area (Å²) in [6, 6.07) is 14.9. The van der Waals surface area contributed by atoms with Crippen LogP contribution in [0.2, 0.25) is 0 Å². The number of aromatic nitrogens is 2. The quantitative estimate of drug-likeness (QED) is 0.365. The van der Waals surface area contributed by atoms with E-state index in [0.717, 1.165) is 72.3 Å².